The Morgan fingerprint density at radius 1 is 1.24 bits per heavy atom. The third-order valence-corrected chi connectivity index (χ3v) is 3.39. The number of benzene rings is 1. The fraction of sp³-hybridized carbons (Fsp3) is 0.250. The summed E-state index contributed by atoms with van der Waals surface area (Å²) in [5, 5.41) is 10.4. The van der Waals surface area contributed by atoms with Gasteiger partial charge < -0.3 is 9.88 Å². The molecular weight excluding hydrogens is 262 g/mol. The number of hydrogen-bond donors (Lipinski definition) is 2. The molecule has 2 aromatic heterocycles. The molecular formula is C16H19N5. The van der Waals surface area contributed by atoms with E-state index >= 15 is 0 Å². The van der Waals surface area contributed by atoms with Crippen LogP contribution in [-0.2, 0) is 13.1 Å². The molecule has 0 saturated heterocycles. The van der Waals surface area contributed by atoms with Gasteiger partial charge in [-0.1, -0.05) is 19.1 Å². The largest absolute Gasteiger partial charge is 0.378 e. The number of imidazole rings is 1. The Bertz CT molecular complexity index is 684. The monoisotopic (exact) mass is 281 g/mol. The van der Waals surface area contributed by atoms with E-state index in [1.165, 1.54) is 0 Å². The van der Waals surface area contributed by atoms with Crippen LogP contribution in [0.1, 0.15) is 19.2 Å². The first-order valence-corrected chi connectivity index (χ1v) is 7.20. The molecule has 0 unspecified atom stereocenters. The summed E-state index contributed by atoms with van der Waals surface area (Å²) in [6, 6.07) is 10.2. The molecule has 3 aromatic rings. The molecule has 0 saturated carbocycles. The summed E-state index contributed by atoms with van der Waals surface area (Å²) >= 11 is 0. The Balaban J connectivity index is 1.71. The van der Waals surface area contributed by atoms with Crippen LogP contribution in [0.5, 0.6) is 0 Å². The quantitative estimate of drug-likeness (QED) is 0.729. The number of nitrogens with zero attached hydrogens (tertiary/aromatic N) is 3. The number of rotatable bonds is 6. The zero-order chi connectivity index (χ0) is 14.5. The molecule has 3 rings (SSSR count). The van der Waals surface area contributed by atoms with E-state index in [1.807, 2.05) is 24.5 Å². The Morgan fingerprint density at radius 2 is 2.19 bits per heavy atom. The van der Waals surface area contributed by atoms with Crippen molar-refractivity contribution in [3.63, 3.8) is 0 Å². The summed E-state index contributed by atoms with van der Waals surface area (Å²) in [6.45, 7) is 3.90. The van der Waals surface area contributed by atoms with E-state index in [1.54, 1.807) is 6.20 Å². The second-order valence-corrected chi connectivity index (χ2v) is 4.94. The number of aromatic nitrogens is 4. The highest BCUT2D eigenvalue weighted by molar-refractivity contribution is 5.64. The molecule has 0 spiro atoms. The standard InChI is InChI=1S/C16H19N5/c1-2-9-21-10-8-17-16(21)12-18-14-5-3-4-13(11-14)15-6-7-19-20-15/h3-8,10-11,18H,2,9,12H2,1H3,(H,19,20). The molecule has 21 heavy (non-hydrogen) atoms. The smallest absolute Gasteiger partial charge is 0.128 e. The minimum absolute atomic E-state index is 0.722. The van der Waals surface area contributed by atoms with Crippen LogP contribution in [0.2, 0.25) is 0 Å². The van der Waals surface area contributed by atoms with Gasteiger partial charge in [0.1, 0.15) is 5.82 Å². The Labute approximate surface area is 124 Å². The van der Waals surface area contributed by atoms with E-state index in [2.05, 4.69) is 50.2 Å². The molecule has 0 atom stereocenters. The lowest BCUT2D eigenvalue weighted by Gasteiger charge is -2.09. The fourth-order valence-corrected chi connectivity index (χ4v) is 2.35. The number of nitrogens with one attached hydrogen (secondary N) is 2. The molecule has 0 radical (unpaired) electrons. The summed E-state index contributed by atoms with van der Waals surface area (Å²) in [4.78, 5) is 4.41. The molecule has 0 fully saturated rings. The van der Waals surface area contributed by atoms with E-state index in [0.29, 0.717) is 0 Å². The van der Waals surface area contributed by atoms with Crippen molar-refractivity contribution < 1.29 is 0 Å². The van der Waals surface area contributed by atoms with Crippen LogP contribution in [0, 0.1) is 0 Å². The average molecular weight is 281 g/mol. The van der Waals surface area contributed by atoms with Crippen molar-refractivity contribution in [3.05, 3.63) is 54.7 Å². The van der Waals surface area contributed by atoms with Crippen molar-refractivity contribution in [2.24, 2.45) is 0 Å². The van der Waals surface area contributed by atoms with E-state index in [4.69, 9.17) is 0 Å². The highest BCUT2D eigenvalue weighted by atomic mass is 15.1. The molecule has 5 heteroatoms. The fourth-order valence-electron chi connectivity index (χ4n) is 2.35. The van der Waals surface area contributed by atoms with Gasteiger partial charge in [0.05, 0.1) is 12.2 Å². The lowest BCUT2D eigenvalue weighted by atomic mass is 10.1. The molecule has 2 N–H and O–H groups in total. The van der Waals surface area contributed by atoms with Gasteiger partial charge in [0, 0.05) is 36.4 Å². The third kappa shape index (κ3) is 3.13. The number of H-pyrrole nitrogens is 1. The Kier molecular flexibility index (Phi) is 4.00. The Hall–Kier alpha value is -2.56. The van der Waals surface area contributed by atoms with Crippen LogP contribution in [0.15, 0.2) is 48.9 Å². The van der Waals surface area contributed by atoms with Gasteiger partial charge in [0.25, 0.3) is 0 Å². The number of aromatic amines is 1. The summed E-state index contributed by atoms with van der Waals surface area (Å²) in [5.74, 6) is 1.06. The molecule has 0 aliphatic rings. The second-order valence-electron chi connectivity index (χ2n) is 4.94. The van der Waals surface area contributed by atoms with Gasteiger partial charge >= 0.3 is 0 Å². The van der Waals surface area contributed by atoms with Gasteiger partial charge in [0.2, 0.25) is 0 Å². The maximum Gasteiger partial charge on any atom is 0.128 e. The second kappa shape index (κ2) is 6.26. The normalized spacial score (nSPS) is 10.7. The summed E-state index contributed by atoms with van der Waals surface area (Å²) in [7, 11) is 0. The molecule has 5 nitrogen and oxygen atoms in total. The van der Waals surface area contributed by atoms with Crippen LogP contribution >= 0.6 is 0 Å². The van der Waals surface area contributed by atoms with Crippen LogP contribution in [-0.4, -0.2) is 19.7 Å². The number of hydrogen-bond acceptors (Lipinski definition) is 3. The third-order valence-electron chi connectivity index (χ3n) is 3.39. The number of aryl methyl sites for hydroxylation is 1. The maximum absolute atomic E-state index is 4.41. The van der Waals surface area contributed by atoms with E-state index in [-0.39, 0.29) is 0 Å². The van der Waals surface area contributed by atoms with Crippen molar-refractivity contribution in [1.82, 2.24) is 19.7 Å². The van der Waals surface area contributed by atoms with E-state index < -0.39 is 0 Å². The van der Waals surface area contributed by atoms with Crippen LogP contribution in [0.4, 0.5) is 5.69 Å². The highest BCUT2D eigenvalue weighted by Gasteiger charge is 2.03. The molecule has 2 heterocycles. The van der Waals surface area contributed by atoms with Gasteiger partial charge in [0.15, 0.2) is 0 Å². The van der Waals surface area contributed by atoms with Crippen molar-refractivity contribution in [2.45, 2.75) is 26.4 Å². The topological polar surface area (TPSA) is 58.5 Å². The Morgan fingerprint density at radius 3 is 3.00 bits per heavy atom. The van der Waals surface area contributed by atoms with E-state index in [0.717, 1.165) is 42.3 Å². The van der Waals surface area contributed by atoms with Crippen LogP contribution in [0.25, 0.3) is 11.3 Å². The molecule has 0 aliphatic carbocycles. The van der Waals surface area contributed by atoms with Gasteiger partial charge in [-0.3, -0.25) is 5.10 Å². The number of anilines is 1. The average Bonchev–Trinajstić information content (AvgIpc) is 3.18. The van der Waals surface area contributed by atoms with Crippen molar-refractivity contribution in [1.29, 1.82) is 0 Å². The molecule has 1 aromatic carbocycles. The molecule has 0 aliphatic heterocycles. The highest BCUT2D eigenvalue weighted by Crippen LogP contribution is 2.20. The first kappa shape index (κ1) is 13.4. The SMILES string of the molecule is CCCn1ccnc1CNc1cccc(-c2ccn[nH]2)c1. The van der Waals surface area contributed by atoms with Crippen LogP contribution < -0.4 is 5.32 Å². The summed E-state index contributed by atoms with van der Waals surface area (Å²) in [5.41, 5.74) is 3.22. The predicted molar refractivity (Wildman–Crippen MR) is 83.9 cm³/mol. The van der Waals surface area contributed by atoms with Gasteiger partial charge in [-0.05, 0) is 24.6 Å². The lowest BCUT2D eigenvalue weighted by Crippen LogP contribution is -2.08. The van der Waals surface area contributed by atoms with Gasteiger partial charge in [-0.2, -0.15) is 5.10 Å². The summed E-state index contributed by atoms with van der Waals surface area (Å²) in [6.07, 6.45) is 6.75. The van der Waals surface area contributed by atoms with Crippen molar-refractivity contribution in [3.8, 4) is 11.3 Å². The lowest BCUT2D eigenvalue weighted by molar-refractivity contribution is 0.644. The maximum atomic E-state index is 4.41. The van der Waals surface area contributed by atoms with Gasteiger partial charge in [-0.25, -0.2) is 4.98 Å². The first-order chi connectivity index (χ1) is 10.4. The van der Waals surface area contributed by atoms with E-state index in [9.17, 15) is 0 Å². The predicted octanol–water partition coefficient (Wildman–Crippen LogP) is 3.30. The summed E-state index contributed by atoms with van der Waals surface area (Å²) < 4.78 is 2.19. The zero-order valence-corrected chi connectivity index (χ0v) is 12.1. The molecule has 0 bridgehead atoms. The minimum Gasteiger partial charge on any atom is -0.378 e. The van der Waals surface area contributed by atoms with Gasteiger partial charge in [-0.15, -0.1) is 0 Å². The minimum atomic E-state index is 0.722. The van der Waals surface area contributed by atoms with Crippen molar-refractivity contribution >= 4 is 5.69 Å². The molecule has 0 amide bonds. The van der Waals surface area contributed by atoms with Crippen LogP contribution in [0.3, 0.4) is 0 Å². The zero-order valence-electron chi connectivity index (χ0n) is 12.1. The van der Waals surface area contributed by atoms with Crippen molar-refractivity contribution in [2.75, 3.05) is 5.32 Å². The molecule has 108 valence electrons. The first-order valence-electron chi connectivity index (χ1n) is 7.20.